The van der Waals surface area contributed by atoms with Crippen molar-refractivity contribution < 1.29 is 14.3 Å². The van der Waals surface area contributed by atoms with Gasteiger partial charge in [-0.2, -0.15) is 5.10 Å². The first-order chi connectivity index (χ1) is 12.3. The third-order valence-electron chi connectivity index (χ3n) is 3.72. The summed E-state index contributed by atoms with van der Waals surface area (Å²) in [5.41, 5.74) is 3.09. The topological polar surface area (TPSA) is 63.2 Å². The standard InChI is InChI=1S/C18H21N3O3S/c1-2-24-15-5-3-14(4-6-15)18(22)20-19-13-16-7-8-17(25-16)21-9-11-23-12-10-21/h3-8,13H,2,9-12H2,1H3,(H,20,22)/b19-13-. The lowest BCUT2D eigenvalue weighted by Gasteiger charge is -2.27. The van der Waals surface area contributed by atoms with Crippen molar-refractivity contribution in [1.82, 2.24) is 5.43 Å². The van der Waals surface area contributed by atoms with Crippen LogP contribution in [0.15, 0.2) is 41.5 Å². The minimum atomic E-state index is -0.246. The number of carbonyl (C=O) groups is 1. The molecule has 3 rings (SSSR count). The number of nitrogens with zero attached hydrogens (tertiary/aromatic N) is 2. The molecule has 1 aromatic heterocycles. The molecule has 0 atom stereocenters. The summed E-state index contributed by atoms with van der Waals surface area (Å²) < 4.78 is 10.7. The molecule has 1 fully saturated rings. The van der Waals surface area contributed by atoms with Gasteiger partial charge in [-0.15, -0.1) is 11.3 Å². The van der Waals surface area contributed by atoms with Crippen LogP contribution in [0.3, 0.4) is 0 Å². The van der Waals surface area contributed by atoms with Crippen LogP contribution in [0.25, 0.3) is 0 Å². The summed E-state index contributed by atoms with van der Waals surface area (Å²) in [6, 6.07) is 11.1. The minimum absolute atomic E-state index is 0.246. The van der Waals surface area contributed by atoms with Gasteiger partial charge in [0.25, 0.3) is 5.91 Å². The van der Waals surface area contributed by atoms with Crippen molar-refractivity contribution in [3.63, 3.8) is 0 Å². The highest BCUT2D eigenvalue weighted by Crippen LogP contribution is 2.25. The minimum Gasteiger partial charge on any atom is -0.494 e. The molecule has 0 aliphatic carbocycles. The van der Waals surface area contributed by atoms with Gasteiger partial charge >= 0.3 is 0 Å². The zero-order chi connectivity index (χ0) is 17.5. The first kappa shape index (κ1) is 17.4. The van der Waals surface area contributed by atoms with E-state index >= 15 is 0 Å². The van der Waals surface area contributed by atoms with Crippen molar-refractivity contribution in [2.75, 3.05) is 37.8 Å². The Bertz CT molecular complexity index is 721. The van der Waals surface area contributed by atoms with E-state index in [2.05, 4.69) is 21.5 Å². The van der Waals surface area contributed by atoms with Gasteiger partial charge in [0, 0.05) is 23.5 Å². The average Bonchev–Trinajstić information content (AvgIpc) is 3.12. The number of hydrazone groups is 1. The Morgan fingerprint density at radius 1 is 1.28 bits per heavy atom. The van der Waals surface area contributed by atoms with Crippen molar-refractivity contribution in [3.8, 4) is 5.75 Å². The SMILES string of the molecule is CCOc1ccc(C(=O)N/N=C\c2ccc(N3CCOCC3)s2)cc1. The lowest BCUT2D eigenvalue weighted by molar-refractivity contribution is 0.0955. The number of anilines is 1. The van der Waals surface area contributed by atoms with Gasteiger partial charge < -0.3 is 14.4 Å². The van der Waals surface area contributed by atoms with Crippen LogP contribution in [0, 0.1) is 0 Å². The third kappa shape index (κ3) is 4.80. The fourth-order valence-corrected chi connectivity index (χ4v) is 3.38. The van der Waals surface area contributed by atoms with Crippen LogP contribution in [0.5, 0.6) is 5.75 Å². The predicted molar refractivity (Wildman–Crippen MR) is 100 cm³/mol. The van der Waals surface area contributed by atoms with Crippen LogP contribution in [-0.4, -0.2) is 45.0 Å². The molecule has 2 aromatic rings. The lowest BCUT2D eigenvalue weighted by atomic mass is 10.2. The largest absolute Gasteiger partial charge is 0.494 e. The molecule has 1 N–H and O–H groups in total. The van der Waals surface area contributed by atoms with E-state index in [1.807, 2.05) is 13.0 Å². The van der Waals surface area contributed by atoms with E-state index < -0.39 is 0 Å². The van der Waals surface area contributed by atoms with Gasteiger partial charge in [-0.3, -0.25) is 4.79 Å². The number of morpholine rings is 1. The molecule has 0 unspecified atom stereocenters. The molecular formula is C18H21N3O3S. The van der Waals surface area contributed by atoms with Crippen LogP contribution in [-0.2, 0) is 4.74 Å². The monoisotopic (exact) mass is 359 g/mol. The Morgan fingerprint density at radius 2 is 2.04 bits per heavy atom. The van der Waals surface area contributed by atoms with Gasteiger partial charge in [0.2, 0.25) is 0 Å². The molecule has 1 aliphatic rings. The number of nitrogens with one attached hydrogen (secondary N) is 1. The van der Waals surface area contributed by atoms with Gasteiger partial charge in [-0.25, -0.2) is 5.43 Å². The maximum absolute atomic E-state index is 12.1. The molecule has 132 valence electrons. The Morgan fingerprint density at radius 3 is 2.76 bits per heavy atom. The normalized spacial score (nSPS) is 14.7. The maximum Gasteiger partial charge on any atom is 0.271 e. The second-order valence-electron chi connectivity index (χ2n) is 5.43. The second-order valence-corrected chi connectivity index (χ2v) is 6.53. The highest BCUT2D eigenvalue weighted by Gasteiger charge is 2.12. The van der Waals surface area contributed by atoms with E-state index in [0.29, 0.717) is 12.2 Å². The zero-order valence-electron chi connectivity index (χ0n) is 14.1. The second kappa shape index (κ2) is 8.64. The Balaban J connectivity index is 1.53. The quantitative estimate of drug-likeness (QED) is 0.636. The molecule has 1 saturated heterocycles. The maximum atomic E-state index is 12.1. The van der Waals surface area contributed by atoms with Crippen molar-refractivity contribution in [2.24, 2.45) is 5.10 Å². The summed E-state index contributed by atoms with van der Waals surface area (Å²) in [5, 5.41) is 5.24. The smallest absolute Gasteiger partial charge is 0.271 e. The first-order valence-electron chi connectivity index (χ1n) is 8.25. The van der Waals surface area contributed by atoms with E-state index in [1.54, 1.807) is 41.8 Å². The number of ether oxygens (including phenoxy) is 2. The Hall–Kier alpha value is -2.38. The summed E-state index contributed by atoms with van der Waals surface area (Å²) in [7, 11) is 0. The number of benzene rings is 1. The van der Waals surface area contributed by atoms with Crippen molar-refractivity contribution in [1.29, 1.82) is 0 Å². The van der Waals surface area contributed by atoms with Crippen molar-refractivity contribution in [2.45, 2.75) is 6.92 Å². The number of rotatable bonds is 6. The molecular weight excluding hydrogens is 338 g/mol. The highest BCUT2D eigenvalue weighted by molar-refractivity contribution is 7.17. The van der Waals surface area contributed by atoms with E-state index in [0.717, 1.165) is 36.9 Å². The van der Waals surface area contributed by atoms with E-state index in [4.69, 9.17) is 9.47 Å². The first-order valence-corrected chi connectivity index (χ1v) is 9.06. The van der Waals surface area contributed by atoms with Gasteiger partial charge in [0.05, 0.1) is 31.0 Å². The molecule has 25 heavy (non-hydrogen) atoms. The number of hydrogen-bond acceptors (Lipinski definition) is 6. The van der Waals surface area contributed by atoms with Gasteiger partial charge in [0.15, 0.2) is 0 Å². The molecule has 1 aliphatic heterocycles. The van der Waals surface area contributed by atoms with Crippen LogP contribution < -0.4 is 15.1 Å². The lowest BCUT2D eigenvalue weighted by Crippen LogP contribution is -2.35. The van der Waals surface area contributed by atoms with Gasteiger partial charge in [-0.1, -0.05) is 0 Å². The van der Waals surface area contributed by atoms with Crippen molar-refractivity contribution >= 4 is 28.5 Å². The summed E-state index contributed by atoms with van der Waals surface area (Å²) in [5.74, 6) is 0.501. The molecule has 7 heteroatoms. The van der Waals surface area contributed by atoms with E-state index in [-0.39, 0.29) is 5.91 Å². The fourth-order valence-electron chi connectivity index (χ4n) is 2.45. The molecule has 0 saturated carbocycles. The third-order valence-corrected chi connectivity index (χ3v) is 4.80. The molecule has 6 nitrogen and oxygen atoms in total. The predicted octanol–water partition coefficient (Wildman–Crippen LogP) is 2.75. The summed E-state index contributed by atoms with van der Waals surface area (Å²) >= 11 is 1.65. The van der Waals surface area contributed by atoms with E-state index in [9.17, 15) is 4.79 Å². The Kier molecular flexibility index (Phi) is 6.03. The Labute approximate surface area is 151 Å². The molecule has 1 amide bonds. The number of amides is 1. The summed E-state index contributed by atoms with van der Waals surface area (Å²) in [6.45, 7) is 5.86. The molecule has 0 spiro atoms. The van der Waals surface area contributed by atoms with Crippen LogP contribution in [0.2, 0.25) is 0 Å². The molecule has 0 bridgehead atoms. The molecule has 1 aromatic carbocycles. The highest BCUT2D eigenvalue weighted by atomic mass is 32.1. The summed E-state index contributed by atoms with van der Waals surface area (Å²) in [4.78, 5) is 15.4. The van der Waals surface area contributed by atoms with Crippen LogP contribution >= 0.6 is 11.3 Å². The van der Waals surface area contributed by atoms with Crippen LogP contribution in [0.4, 0.5) is 5.00 Å². The number of carbonyl (C=O) groups excluding carboxylic acids is 1. The van der Waals surface area contributed by atoms with E-state index in [1.165, 1.54) is 5.00 Å². The summed E-state index contributed by atoms with van der Waals surface area (Å²) in [6.07, 6.45) is 1.67. The van der Waals surface area contributed by atoms with Crippen molar-refractivity contribution in [3.05, 3.63) is 46.8 Å². The molecule has 2 heterocycles. The fraction of sp³-hybridized carbons (Fsp3) is 0.333. The molecule has 0 radical (unpaired) electrons. The van der Waals surface area contributed by atoms with Crippen LogP contribution in [0.1, 0.15) is 22.2 Å². The number of hydrogen-bond donors (Lipinski definition) is 1. The average molecular weight is 359 g/mol. The number of thiophene rings is 1. The van der Waals surface area contributed by atoms with Gasteiger partial charge in [-0.05, 0) is 43.3 Å². The van der Waals surface area contributed by atoms with Gasteiger partial charge in [0.1, 0.15) is 5.75 Å². The zero-order valence-corrected chi connectivity index (χ0v) is 14.9.